The molecule has 1 aromatic heterocycles. The van der Waals surface area contributed by atoms with Gasteiger partial charge in [0.1, 0.15) is 5.82 Å². The second kappa shape index (κ2) is 3.97. The Labute approximate surface area is 70.9 Å². The third-order valence-corrected chi connectivity index (χ3v) is 1.62. The Morgan fingerprint density at radius 2 is 2.50 bits per heavy atom. The molecule has 2 N–H and O–H groups in total. The van der Waals surface area contributed by atoms with Crippen LogP contribution in [0, 0.1) is 5.82 Å². The number of halogens is 1. The average molecular weight is 166 g/mol. The molecule has 0 aliphatic heterocycles. The van der Waals surface area contributed by atoms with Gasteiger partial charge >= 0.3 is 0 Å². The van der Waals surface area contributed by atoms with Gasteiger partial charge in [-0.25, -0.2) is 4.39 Å². The minimum atomic E-state index is -0.355. The number of nitrogens with two attached hydrogens (primary N) is 1. The van der Waals surface area contributed by atoms with Gasteiger partial charge in [-0.15, -0.1) is 6.58 Å². The van der Waals surface area contributed by atoms with Gasteiger partial charge in [0.05, 0.1) is 6.20 Å². The van der Waals surface area contributed by atoms with Crippen molar-refractivity contribution in [3.8, 4) is 0 Å². The molecule has 0 saturated carbocycles. The average Bonchev–Trinajstić information content (AvgIpc) is 2.05. The van der Waals surface area contributed by atoms with Crippen LogP contribution in [0.2, 0.25) is 0 Å². The third kappa shape index (κ3) is 1.89. The molecule has 0 radical (unpaired) electrons. The van der Waals surface area contributed by atoms with Crippen LogP contribution in [-0.2, 0) is 0 Å². The maximum absolute atomic E-state index is 13.0. The summed E-state index contributed by atoms with van der Waals surface area (Å²) in [6.45, 7) is 3.54. The molecule has 0 fully saturated rings. The highest BCUT2D eigenvalue weighted by Crippen LogP contribution is 2.16. The van der Waals surface area contributed by atoms with Crippen molar-refractivity contribution in [3.05, 3.63) is 42.5 Å². The summed E-state index contributed by atoms with van der Waals surface area (Å²) < 4.78 is 13.0. The molecule has 1 atom stereocenters. The largest absolute Gasteiger partial charge is 0.324 e. The first kappa shape index (κ1) is 8.87. The van der Waals surface area contributed by atoms with Crippen molar-refractivity contribution in [1.29, 1.82) is 0 Å². The van der Waals surface area contributed by atoms with Gasteiger partial charge in [0.15, 0.2) is 0 Å². The van der Waals surface area contributed by atoms with Crippen LogP contribution in [-0.4, -0.2) is 4.98 Å². The van der Waals surface area contributed by atoms with Crippen molar-refractivity contribution < 1.29 is 4.39 Å². The lowest BCUT2D eigenvalue weighted by atomic mass is 10.1. The van der Waals surface area contributed by atoms with Gasteiger partial charge in [0.2, 0.25) is 0 Å². The number of hydrogen-bond acceptors (Lipinski definition) is 2. The maximum atomic E-state index is 13.0. The van der Waals surface area contributed by atoms with Gasteiger partial charge in [0.25, 0.3) is 0 Å². The number of pyridine rings is 1. The van der Waals surface area contributed by atoms with E-state index >= 15 is 0 Å². The van der Waals surface area contributed by atoms with Crippen molar-refractivity contribution in [1.82, 2.24) is 4.98 Å². The molecule has 1 heterocycles. The van der Waals surface area contributed by atoms with E-state index in [-0.39, 0.29) is 11.9 Å². The van der Waals surface area contributed by atoms with Gasteiger partial charge in [-0.3, -0.25) is 4.98 Å². The van der Waals surface area contributed by atoms with E-state index in [0.717, 1.165) is 6.20 Å². The summed E-state index contributed by atoms with van der Waals surface area (Å²) in [6.07, 6.45) is 4.94. The summed E-state index contributed by atoms with van der Waals surface area (Å²) in [5, 5.41) is 0. The fourth-order valence-corrected chi connectivity index (χ4v) is 0.993. The van der Waals surface area contributed by atoms with E-state index < -0.39 is 0 Å². The number of rotatable bonds is 3. The first-order valence-electron chi connectivity index (χ1n) is 3.71. The van der Waals surface area contributed by atoms with E-state index in [1.165, 1.54) is 6.20 Å². The quantitative estimate of drug-likeness (QED) is 0.695. The molecule has 0 spiro atoms. The van der Waals surface area contributed by atoms with Crippen LogP contribution in [0.1, 0.15) is 18.0 Å². The molecule has 1 rings (SSSR count). The summed E-state index contributed by atoms with van der Waals surface area (Å²) in [6, 6.07) is 1.27. The Hall–Kier alpha value is -1.22. The zero-order chi connectivity index (χ0) is 8.97. The van der Waals surface area contributed by atoms with E-state index in [1.807, 2.05) is 0 Å². The highest BCUT2D eigenvalue weighted by atomic mass is 19.1. The Balaban J connectivity index is 2.86. The first-order valence-corrected chi connectivity index (χ1v) is 3.71. The Morgan fingerprint density at radius 1 is 1.75 bits per heavy atom. The fraction of sp³-hybridized carbons (Fsp3) is 0.222. The van der Waals surface area contributed by atoms with E-state index in [9.17, 15) is 4.39 Å². The van der Waals surface area contributed by atoms with Crippen LogP contribution in [0.25, 0.3) is 0 Å². The number of aromatic nitrogens is 1. The molecule has 0 unspecified atom stereocenters. The molecule has 0 aliphatic rings. The van der Waals surface area contributed by atoms with E-state index in [4.69, 9.17) is 5.73 Å². The molecule has 12 heavy (non-hydrogen) atoms. The van der Waals surface area contributed by atoms with Crippen molar-refractivity contribution in [2.24, 2.45) is 5.73 Å². The smallest absolute Gasteiger partial charge is 0.146 e. The van der Waals surface area contributed by atoms with E-state index in [1.54, 1.807) is 12.1 Å². The molecule has 64 valence electrons. The van der Waals surface area contributed by atoms with Crippen molar-refractivity contribution in [3.63, 3.8) is 0 Å². The first-order chi connectivity index (χ1) is 5.75. The highest BCUT2D eigenvalue weighted by molar-refractivity contribution is 5.17. The summed E-state index contributed by atoms with van der Waals surface area (Å²) in [4.78, 5) is 3.63. The lowest BCUT2D eigenvalue weighted by molar-refractivity contribution is 0.577. The summed E-state index contributed by atoms with van der Waals surface area (Å²) in [7, 11) is 0. The summed E-state index contributed by atoms with van der Waals surface area (Å²) in [5.74, 6) is -0.355. The molecule has 0 aliphatic carbocycles. The lowest BCUT2D eigenvalue weighted by Gasteiger charge is -2.08. The minimum absolute atomic E-state index is 0.314. The van der Waals surface area contributed by atoms with Gasteiger partial charge in [-0.1, -0.05) is 6.08 Å². The van der Waals surface area contributed by atoms with Gasteiger partial charge in [-0.05, 0) is 12.5 Å². The van der Waals surface area contributed by atoms with Crippen molar-refractivity contribution >= 4 is 0 Å². The van der Waals surface area contributed by atoms with Crippen molar-refractivity contribution in [2.75, 3.05) is 0 Å². The monoisotopic (exact) mass is 166 g/mol. The molecule has 3 heteroatoms. The van der Waals surface area contributed by atoms with E-state index in [0.29, 0.717) is 12.0 Å². The molecule has 0 aromatic carbocycles. The zero-order valence-corrected chi connectivity index (χ0v) is 6.70. The summed E-state index contributed by atoms with van der Waals surface area (Å²) in [5.41, 5.74) is 6.16. The molecular formula is C9H11FN2. The van der Waals surface area contributed by atoms with Crippen LogP contribution in [0.15, 0.2) is 31.1 Å². The van der Waals surface area contributed by atoms with Gasteiger partial charge < -0.3 is 5.73 Å². The molecule has 0 saturated heterocycles. The number of hydrogen-bond donors (Lipinski definition) is 1. The molecule has 0 bridgehead atoms. The Bertz CT molecular complexity index is 273. The fourth-order valence-electron chi connectivity index (χ4n) is 0.993. The molecular weight excluding hydrogens is 155 g/mol. The molecule has 1 aromatic rings. The Morgan fingerprint density at radius 3 is 3.08 bits per heavy atom. The van der Waals surface area contributed by atoms with Crippen LogP contribution in [0.4, 0.5) is 4.39 Å². The highest BCUT2D eigenvalue weighted by Gasteiger charge is 2.08. The summed E-state index contributed by atoms with van der Waals surface area (Å²) >= 11 is 0. The normalized spacial score (nSPS) is 12.5. The van der Waals surface area contributed by atoms with Crippen LogP contribution in [0.3, 0.4) is 0 Å². The lowest BCUT2D eigenvalue weighted by Crippen LogP contribution is -2.11. The van der Waals surface area contributed by atoms with Crippen LogP contribution >= 0.6 is 0 Å². The zero-order valence-electron chi connectivity index (χ0n) is 6.70. The Kier molecular flexibility index (Phi) is 2.94. The SMILES string of the molecule is C=CC[C@H](N)c1ccncc1F. The van der Waals surface area contributed by atoms with Crippen LogP contribution in [0.5, 0.6) is 0 Å². The molecule has 2 nitrogen and oxygen atoms in total. The third-order valence-electron chi connectivity index (χ3n) is 1.62. The van der Waals surface area contributed by atoms with Gasteiger partial charge in [0, 0.05) is 17.8 Å². The second-order valence-corrected chi connectivity index (χ2v) is 2.53. The predicted octanol–water partition coefficient (Wildman–Crippen LogP) is 1.80. The predicted molar refractivity (Wildman–Crippen MR) is 45.9 cm³/mol. The maximum Gasteiger partial charge on any atom is 0.146 e. The van der Waals surface area contributed by atoms with Gasteiger partial charge in [-0.2, -0.15) is 0 Å². The minimum Gasteiger partial charge on any atom is -0.324 e. The molecule has 0 amide bonds. The number of nitrogens with zero attached hydrogens (tertiary/aromatic N) is 1. The van der Waals surface area contributed by atoms with Crippen molar-refractivity contribution in [2.45, 2.75) is 12.5 Å². The topological polar surface area (TPSA) is 38.9 Å². The van der Waals surface area contributed by atoms with E-state index in [2.05, 4.69) is 11.6 Å². The second-order valence-electron chi connectivity index (χ2n) is 2.53. The standard InChI is InChI=1S/C9H11FN2/c1-2-3-9(11)7-4-5-12-6-8(7)10/h2,4-6,9H,1,3,11H2/t9-/m0/s1. The van der Waals surface area contributed by atoms with Crippen LogP contribution < -0.4 is 5.73 Å².